The number of carbonyl (C=O) groups excluding carboxylic acids is 1. The quantitative estimate of drug-likeness (QED) is 0.433. The Labute approximate surface area is 98.8 Å². The number of rotatable bonds is 6. The molecule has 0 aliphatic rings. The van der Waals surface area contributed by atoms with Gasteiger partial charge in [0.05, 0.1) is 13.2 Å². The zero-order valence-electron chi connectivity index (χ0n) is 8.98. The standard InChI is InChI=1S/C10H13ClN2O3/c1-2-15-10(14)8-6-9(13-7-12-8)16-5-3-4-11/h6-7H,2-5H2,1H3. The Hall–Kier alpha value is -1.36. The molecule has 0 fully saturated rings. The number of hydrogen-bond donors (Lipinski definition) is 0. The van der Waals surface area contributed by atoms with E-state index in [1.165, 1.54) is 12.4 Å². The monoisotopic (exact) mass is 244 g/mol. The summed E-state index contributed by atoms with van der Waals surface area (Å²) in [5.74, 6) is 0.394. The zero-order valence-corrected chi connectivity index (χ0v) is 9.74. The fourth-order valence-corrected chi connectivity index (χ4v) is 1.08. The molecule has 16 heavy (non-hydrogen) atoms. The van der Waals surface area contributed by atoms with E-state index in [4.69, 9.17) is 21.1 Å². The van der Waals surface area contributed by atoms with Crippen LogP contribution < -0.4 is 4.74 Å². The van der Waals surface area contributed by atoms with Crippen LogP contribution in [-0.2, 0) is 4.74 Å². The van der Waals surface area contributed by atoms with Crippen molar-refractivity contribution in [1.82, 2.24) is 9.97 Å². The molecule has 0 radical (unpaired) electrons. The second kappa shape index (κ2) is 7.00. The molecule has 0 atom stereocenters. The molecular weight excluding hydrogens is 232 g/mol. The minimum absolute atomic E-state index is 0.192. The van der Waals surface area contributed by atoms with Crippen LogP contribution in [-0.4, -0.2) is 35.0 Å². The van der Waals surface area contributed by atoms with Gasteiger partial charge in [0.1, 0.15) is 6.33 Å². The van der Waals surface area contributed by atoms with E-state index in [1.807, 2.05) is 0 Å². The van der Waals surface area contributed by atoms with Crippen LogP contribution in [0.1, 0.15) is 23.8 Å². The van der Waals surface area contributed by atoms with Gasteiger partial charge >= 0.3 is 5.97 Å². The van der Waals surface area contributed by atoms with Crippen molar-refractivity contribution >= 4 is 17.6 Å². The molecule has 1 aromatic heterocycles. The first kappa shape index (κ1) is 12.7. The molecule has 88 valence electrons. The number of ether oxygens (including phenoxy) is 2. The van der Waals surface area contributed by atoms with Gasteiger partial charge in [-0.25, -0.2) is 14.8 Å². The lowest BCUT2D eigenvalue weighted by Gasteiger charge is -2.04. The largest absolute Gasteiger partial charge is 0.478 e. The second-order valence-corrected chi connectivity index (χ2v) is 3.23. The summed E-state index contributed by atoms with van der Waals surface area (Å²) < 4.78 is 10.1. The van der Waals surface area contributed by atoms with Crippen molar-refractivity contribution in [1.29, 1.82) is 0 Å². The van der Waals surface area contributed by atoms with E-state index in [1.54, 1.807) is 6.92 Å². The second-order valence-electron chi connectivity index (χ2n) is 2.85. The summed E-state index contributed by atoms with van der Waals surface area (Å²) in [6.45, 7) is 2.50. The van der Waals surface area contributed by atoms with Gasteiger partial charge in [0, 0.05) is 11.9 Å². The van der Waals surface area contributed by atoms with Crippen molar-refractivity contribution in [2.45, 2.75) is 13.3 Å². The molecule has 0 spiro atoms. The van der Waals surface area contributed by atoms with Gasteiger partial charge in [-0.05, 0) is 13.3 Å². The van der Waals surface area contributed by atoms with E-state index in [9.17, 15) is 4.79 Å². The molecule has 0 aromatic carbocycles. The lowest BCUT2D eigenvalue weighted by atomic mass is 10.4. The number of carbonyl (C=O) groups is 1. The van der Waals surface area contributed by atoms with Crippen LogP contribution in [0.15, 0.2) is 12.4 Å². The van der Waals surface area contributed by atoms with Crippen molar-refractivity contribution in [2.75, 3.05) is 19.1 Å². The van der Waals surface area contributed by atoms with E-state index in [0.29, 0.717) is 25.0 Å². The smallest absolute Gasteiger partial charge is 0.357 e. The highest BCUT2D eigenvalue weighted by Gasteiger charge is 2.09. The average Bonchev–Trinajstić information content (AvgIpc) is 2.30. The molecule has 0 N–H and O–H groups in total. The van der Waals surface area contributed by atoms with Gasteiger partial charge in [0.15, 0.2) is 5.69 Å². The van der Waals surface area contributed by atoms with Crippen molar-refractivity contribution in [3.63, 3.8) is 0 Å². The van der Waals surface area contributed by atoms with Crippen LogP contribution in [0.2, 0.25) is 0 Å². The molecule has 0 aliphatic carbocycles. The van der Waals surface area contributed by atoms with Gasteiger partial charge in [-0.3, -0.25) is 0 Å². The van der Waals surface area contributed by atoms with Gasteiger partial charge < -0.3 is 9.47 Å². The van der Waals surface area contributed by atoms with E-state index >= 15 is 0 Å². The maximum atomic E-state index is 11.3. The fraction of sp³-hybridized carbons (Fsp3) is 0.500. The Kier molecular flexibility index (Phi) is 5.56. The molecule has 0 saturated carbocycles. The van der Waals surface area contributed by atoms with Crippen molar-refractivity contribution in [3.8, 4) is 5.88 Å². The van der Waals surface area contributed by atoms with Crippen LogP contribution in [0.3, 0.4) is 0 Å². The Morgan fingerprint density at radius 3 is 3.00 bits per heavy atom. The summed E-state index contributed by atoms with van der Waals surface area (Å²) in [6.07, 6.45) is 1.99. The molecule has 1 heterocycles. The number of halogens is 1. The topological polar surface area (TPSA) is 61.3 Å². The van der Waals surface area contributed by atoms with Crippen molar-refractivity contribution in [2.24, 2.45) is 0 Å². The Morgan fingerprint density at radius 1 is 1.50 bits per heavy atom. The first-order valence-corrected chi connectivity index (χ1v) is 5.49. The number of aromatic nitrogens is 2. The van der Waals surface area contributed by atoms with Gasteiger partial charge in [-0.1, -0.05) is 0 Å². The van der Waals surface area contributed by atoms with Crippen molar-refractivity contribution in [3.05, 3.63) is 18.1 Å². The first-order valence-electron chi connectivity index (χ1n) is 4.96. The predicted octanol–water partition coefficient (Wildman–Crippen LogP) is 1.66. The first-order chi connectivity index (χ1) is 7.77. The van der Waals surface area contributed by atoms with E-state index in [2.05, 4.69) is 9.97 Å². The highest BCUT2D eigenvalue weighted by Crippen LogP contribution is 2.08. The third-order valence-corrected chi connectivity index (χ3v) is 1.92. The predicted molar refractivity (Wildman–Crippen MR) is 58.8 cm³/mol. The number of alkyl halides is 1. The summed E-state index contributed by atoms with van der Waals surface area (Å²) in [6, 6.07) is 1.45. The molecule has 6 heteroatoms. The molecule has 0 unspecified atom stereocenters. The lowest BCUT2D eigenvalue weighted by Crippen LogP contribution is -2.08. The summed E-state index contributed by atoms with van der Waals surface area (Å²) in [5, 5.41) is 0. The maximum absolute atomic E-state index is 11.3. The number of hydrogen-bond acceptors (Lipinski definition) is 5. The molecule has 5 nitrogen and oxygen atoms in total. The highest BCUT2D eigenvalue weighted by molar-refractivity contribution is 6.17. The molecule has 0 aliphatic heterocycles. The molecule has 0 amide bonds. The summed E-state index contributed by atoms with van der Waals surface area (Å²) in [4.78, 5) is 19.0. The summed E-state index contributed by atoms with van der Waals surface area (Å²) >= 11 is 5.50. The number of esters is 1. The SMILES string of the molecule is CCOC(=O)c1cc(OCCCCl)ncn1. The van der Waals surface area contributed by atoms with Crippen LogP contribution in [0, 0.1) is 0 Å². The third kappa shape index (κ3) is 4.02. The minimum atomic E-state index is -0.480. The molecule has 1 rings (SSSR count). The van der Waals surface area contributed by atoms with Crippen molar-refractivity contribution < 1.29 is 14.3 Å². The Balaban J connectivity index is 2.60. The summed E-state index contributed by atoms with van der Waals surface area (Å²) in [5.41, 5.74) is 0.192. The van der Waals surface area contributed by atoms with Crippen LogP contribution in [0.5, 0.6) is 5.88 Å². The minimum Gasteiger partial charge on any atom is -0.478 e. The average molecular weight is 245 g/mol. The Bertz CT molecular complexity index is 347. The van der Waals surface area contributed by atoms with E-state index in [0.717, 1.165) is 6.42 Å². The zero-order chi connectivity index (χ0) is 11.8. The summed E-state index contributed by atoms with van der Waals surface area (Å²) in [7, 11) is 0. The lowest BCUT2D eigenvalue weighted by molar-refractivity contribution is 0.0518. The van der Waals surface area contributed by atoms with Gasteiger partial charge in [-0.2, -0.15) is 0 Å². The molecule has 0 bridgehead atoms. The van der Waals surface area contributed by atoms with Crippen LogP contribution >= 0.6 is 11.6 Å². The van der Waals surface area contributed by atoms with Gasteiger partial charge in [0.25, 0.3) is 0 Å². The fourth-order valence-electron chi connectivity index (χ4n) is 0.966. The third-order valence-electron chi connectivity index (χ3n) is 1.65. The van der Waals surface area contributed by atoms with Crippen LogP contribution in [0.4, 0.5) is 0 Å². The van der Waals surface area contributed by atoms with Gasteiger partial charge in [-0.15, -0.1) is 11.6 Å². The maximum Gasteiger partial charge on any atom is 0.357 e. The van der Waals surface area contributed by atoms with Gasteiger partial charge in [0.2, 0.25) is 5.88 Å². The Morgan fingerprint density at radius 2 is 2.31 bits per heavy atom. The molecular formula is C10H13ClN2O3. The normalized spacial score (nSPS) is 9.88. The molecule has 0 saturated heterocycles. The number of nitrogens with zero attached hydrogens (tertiary/aromatic N) is 2. The molecule has 1 aromatic rings. The van der Waals surface area contributed by atoms with Crippen LogP contribution in [0.25, 0.3) is 0 Å². The van der Waals surface area contributed by atoms with E-state index in [-0.39, 0.29) is 5.69 Å². The van der Waals surface area contributed by atoms with E-state index < -0.39 is 5.97 Å². The highest BCUT2D eigenvalue weighted by atomic mass is 35.5.